The van der Waals surface area contributed by atoms with E-state index in [1.165, 1.54) is 17.5 Å². The smallest absolute Gasteiger partial charge is 0.181 e. The number of aliphatic hydroxyl groups excluding tert-OH is 1. The first kappa shape index (κ1) is 29.1. The highest BCUT2D eigenvalue weighted by molar-refractivity contribution is 7.59. The van der Waals surface area contributed by atoms with Crippen molar-refractivity contribution in [1.29, 1.82) is 0 Å². The van der Waals surface area contributed by atoms with Crippen molar-refractivity contribution in [3.05, 3.63) is 77.0 Å². The summed E-state index contributed by atoms with van der Waals surface area (Å²) >= 11 is 0. The third-order valence-electron chi connectivity index (χ3n) is 7.30. The summed E-state index contributed by atoms with van der Waals surface area (Å²) in [5.74, 6) is 2.37. The predicted molar refractivity (Wildman–Crippen MR) is 152 cm³/mol. The highest BCUT2D eigenvalue weighted by Gasteiger charge is 2.21. The van der Waals surface area contributed by atoms with Gasteiger partial charge < -0.3 is 23.7 Å². The average Bonchev–Trinajstić information content (AvgIpc) is 3.36. The van der Waals surface area contributed by atoms with E-state index in [1.807, 2.05) is 37.3 Å². The maximum atomic E-state index is 12.7. The minimum atomic E-state index is -0.552. The molecule has 0 aliphatic carbocycles. The van der Waals surface area contributed by atoms with Gasteiger partial charge in [0.15, 0.2) is 17.9 Å². The molecule has 1 saturated heterocycles. The molecule has 0 amide bonds. The number of hydrogen-bond donors (Lipinski definition) is 1. The molecular formula is C30H38N2O6S. The number of aromatic nitrogens is 1. The molecule has 2 aliphatic rings. The highest BCUT2D eigenvalue weighted by Crippen LogP contribution is 2.25. The number of Topliss-reactive ketones (excluding diaryl/α,β-unsaturated/α-hetero) is 1. The molecule has 1 fully saturated rings. The number of rotatable bonds is 11. The van der Waals surface area contributed by atoms with Crippen LogP contribution in [0, 0.1) is 6.92 Å². The van der Waals surface area contributed by atoms with Crippen LogP contribution in [0.2, 0.25) is 0 Å². The van der Waals surface area contributed by atoms with Gasteiger partial charge in [-0.25, -0.2) is 4.98 Å². The molecule has 0 spiro atoms. The van der Waals surface area contributed by atoms with Crippen molar-refractivity contribution >= 4 is 19.3 Å². The van der Waals surface area contributed by atoms with Crippen LogP contribution in [0.15, 0.2) is 53.3 Å². The fourth-order valence-corrected chi connectivity index (χ4v) is 4.98. The Morgan fingerprint density at radius 2 is 1.90 bits per heavy atom. The van der Waals surface area contributed by atoms with E-state index in [9.17, 15) is 9.90 Å². The number of aryl methyl sites for hydroxylation is 1. The summed E-state index contributed by atoms with van der Waals surface area (Å²) in [6, 6.07) is 13.5. The molecule has 1 aromatic heterocycles. The largest absolute Gasteiger partial charge is 0.490 e. The predicted octanol–water partition coefficient (Wildman–Crippen LogP) is 4.61. The minimum absolute atomic E-state index is 0. The zero-order chi connectivity index (χ0) is 26.3. The van der Waals surface area contributed by atoms with Crippen LogP contribution in [-0.4, -0.2) is 59.3 Å². The molecule has 5 rings (SSSR count). The van der Waals surface area contributed by atoms with Crippen LogP contribution in [0.1, 0.15) is 58.6 Å². The van der Waals surface area contributed by atoms with Crippen LogP contribution >= 0.6 is 13.5 Å². The Labute approximate surface area is 236 Å². The SMILES string of the molecule is Cc1ncoc1COc1ccc2c(c1)CCN(C[C@@H](O)CCC(=O)c1ccc(OC3CCOCC3)cc1)C2.S. The Balaban J connectivity index is 0.00000353. The molecule has 0 unspecified atom stereocenters. The van der Waals surface area contributed by atoms with Gasteiger partial charge >= 0.3 is 0 Å². The lowest BCUT2D eigenvalue weighted by atomic mass is 9.98. The van der Waals surface area contributed by atoms with Crippen molar-refractivity contribution in [3.8, 4) is 11.5 Å². The number of aliphatic hydroxyl groups is 1. The molecule has 3 heterocycles. The standard InChI is InChI=1S/C30H36N2O6.H2S/c1-21-30(37-20-31-21)19-36-28-8-4-24-17-32(13-10-23(24)16-28)18-25(33)5-9-29(34)22-2-6-26(7-3-22)38-27-11-14-35-15-12-27;/h2-4,6-8,16,20,25,27,33H,5,9-15,17-19H2,1H3;1H2/t25-;/m0./s1. The summed E-state index contributed by atoms with van der Waals surface area (Å²) in [5.41, 5.74) is 4.00. The van der Waals surface area contributed by atoms with Gasteiger partial charge in [-0.15, -0.1) is 0 Å². The van der Waals surface area contributed by atoms with Gasteiger partial charge in [0.25, 0.3) is 0 Å². The maximum absolute atomic E-state index is 12.7. The summed E-state index contributed by atoms with van der Waals surface area (Å²) in [6.07, 6.45) is 4.48. The Bertz CT molecular complexity index is 1210. The molecule has 2 aliphatic heterocycles. The third-order valence-corrected chi connectivity index (χ3v) is 7.30. The van der Waals surface area contributed by atoms with Crippen LogP contribution in [0.25, 0.3) is 0 Å². The lowest BCUT2D eigenvalue weighted by molar-refractivity contribution is 0.0255. The van der Waals surface area contributed by atoms with Crippen molar-refractivity contribution < 1.29 is 28.5 Å². The Morgan fingerprint density at radius 1 is 1.13 bits per heavy atom. The first-order valence-electron chi connectivity index (χ1n) is 13.4. The average molecular weight is 555 g/mol. The quantitative estimate of drug-likeness (QED) is 0.344. The number of hydrogen-bond acceptors (Lipinski definition) is 8. The monoisotopic (exact) mass is 554 g/mol. The number of oxazole rings is 1. The normalized spacial score (nSPS) is 16.7. The molecule has 210 valence electrons. The van der Waals surface area contributed by atoms with Gasteiger partial charge in [-0.1, -0.05) is 6.07 Å². The van der Waals surface area contributed by atoms with E-state index < -0.39 is 6.10 Å². The Kier molecular flexibility index (Phi) is 10.4. The maximum Gasteiger partial charge on any atom is 0.181 e. The van der Waals surface area contributed by atoms with E-state index in [4.69, 9.17) is 18.6 Å². The molecular weight excluding hydrogens is 516 g/mol. The summed E-state index contributed by atoms with van der Waals surface area (Å²) < 4.78 is 22.6. The van der Waals surface area contributed by atoms with Gasteiger partial charge in [-0.2, -0.15) is 13.5 Å². The second kappa shape index (κ2) is 14.0. The molecule has 2 aromatic carbocycles. The van der Waals surface area contributed by atoms with Gasteiger partial charge in [0.1, 0.15) is 24.2 Å². The molecule has 9 heteroatoms. The Morgan fingerprint density at radius 3 is 2.64 bits per heavy atom. The van der Waals surface area contributed by atoms with E-state index in [-0.39, 0.29) is 25.4 Å². The van der Waals surface area contributed by atoms with Crippen molar-refractivity contribution in [3.63, 3.8) is 0 Å². The number of carbonyl (C=O) groups is 1. The molecule has 39 heavy (non-hydrogen) atoms. The number of nitrogens with zero attached hydrogens (tertiary/aromatic N) is 2. The number of ketones is 1. The molecule has 1 N–H and O–H groups in total. The third kappa shape index (κ3) is 8.08. The number of benzene rings is 2. The minimum Gasteiger partial charge on any atom is -0.490 e. The van der Waals surface area contributed by atoms with Crippen LogP contribution < -0.4 is 9.47 Å². The number of fused-ring (bicyclic) bond motifs is 1. The van der Waals surface area contributed by atoms with Gasteiger partial charge in [0.2, 0.25) is 0 Å². The van der Waals surface area contributed by atoms with Gasteiger partial charge in [0.05, 0.1) is 25.0 Å². The Hall–Kier alpha value is -2.85. The van der Waals surface area contributed by atoms with E-state index >= 15 is 0 Å². The van der Waals surface area contributed by atoms with Crippen LogP contribution in [-0.2, 0) is 24.3 Å². The van der Waals surface area contributed by atoms with Crippen molar-refractivity contribution in [2.75, 3.05) is 26.3 Å². The zero-order valence-electron chi connectivity index (χ0n) is 22.4. The van der Waals surface area contributed by atoms with E-state index in [0.29, 0.717) is 31.6 Å². The first-order chi connectivity index (χ1) is 18.5. The first-order valence-corrected chi connectivity index (χ1v) is 13.4. The fourth-order valence-electron chi connectivity index (χ4n) is 4.98. The lowest BCUT2D eigenvalue weighted by Gasteiger charge is -2.30. The summed E-state index contributed by atoms with van der Waals surface area (Å²) in [7, 11) is 0. The molecule has 0 saturated carbocycles. The summed E-state index contributed by atoms with van der Waals surface area (Å²) in [4.78, 5) is 19.0. The van der Waals surface area contributed by atoms with E-state index in [2.05, 4.69) is 22.0 Å². The fraction of sp³-hybridized carbons (Fsp3) is 0.467. The zero-order valence-corrected chi connectivity index (χ0v) is 23.4. The van der Waals surface area contributed by atoms with Crippen LogP contribution in [0.3, 0.4) is 0 Å². The van der Waals surface area contributed by atoms with Gasteiger partial charge in [-0.05, 0) is 67.3 Å². The molecule has 3 aromatic rings. The van der Waals surface area contributed by atoms with Gasteiger partial charge in [-0.3, -0.25) is 9.69 Å². The van der Waals surface area contributed by atoms with Crippen LogP contribution in [0.5, 0.6) is 11.5 Å². The highest BCUT2D eigenvalue weighted by atomic mass is 32.1. The number of carbonyl (C=O) groups excluding carboxylic acids is 1. The molecule has 0 bridgehead atoms. The van der Waals surface area contributed by atoms with Crippen molar-refractivity contribution in [2.24, 2.45) is 0 Å². The van der Waals surface area contributed by atoms with Gasteiger partial charge in [0, 0.05) is 44.5 Å². The van der Waals surface area contributed by atoms with E-state index in [1.54, 1.807) is 0 Å². The van der Waals surface area contributed by atoms with Crippen molar-refractivity contribution in [2.45, 2.75) is 64.4 Å². The molecule has 8 nitrogen and oxygen atoms in total. The molecule has 1 atom stereocenters. The van der Waals surface area contributed by atoms with E-state index in [0.717, 1.165) is 68.5 Å². The van der Waals surface area contributed by atoms with Crippen LogP contribution in [0.4, 0.5) is 0 Å². The number of β-amino-alcohol motifs (C(OH)–C–C–N with tert-alkyl or cyclic N) is 1. The lowest BCUT2D eigenvalue weighted by Crippen LogP contribution is -2.36. The number of ether oxygens (including phenoxy) is 3. The second-order valence-corrected chi connectivity index (χ2v) is 10.1. The second-order valence-electron chi connectivity index (χ2n) is 10.1. The topological polar surface area (TPSA) is 94.3 Å². The summed E-state index contributed by atoms with van der Waals surface area (Å²) in [5, 5.41) is 10.6. The molecule has 0 radical (unpaired) electrons. The van der Waals surface area contributed by atoms with Crippen molar-refractivity contribution in [1.82, 2.24) is 9.88 Å². The summed E-state index contributed by atoms with van der Waals surface area (Å²) in [6.45, 7) is 5.90.